The maximum Gasteiger partial charge on any atom is 0.328 e. The summed E-state index contributed by atoms with van der Waals surface area (Å²) in [6, 6.07) is 1.99. The SMILES string of the molecule is CCC(C)OP(=O)(O)CCCCC#N. The molecular formula is C9H18NO3P. The average molecular weight is 219 g/mol. The monoisotopic (exact) mass is 219 g/mol. The van der Waals surface area contributed by atoms with Crippen molar-refractivity contribution >= 4 is 7.60 Å². The molecule has 14 heavy (non-hydrogen) atoms. The topological polar surface area (TPSA) is 70.3 Å². The Hall–Kier alpha value is -0.360. The fourth-order valence-electron chi connectivity index (χ4n) is 0.924. The van der Waals surface area contributed by atoms with E-state index in [0.717, 1.165) is 6.42 Å². The molecule has 0 spiro atoms. The van der Waals surface area contributed by atoms with Crippen LogP contribution in [0.5, 0.6) is 0 Å². The first-order valence-corrected chi connectivity index (χ1v) is 6.65. The van der Waals surface area contributed by atoms with Crippen molar-refractivity contribution in [1.29, 1.82) is 5.26 Å². The van der Waals surface area contributed by atoms with Gasteiger partial charge in [-0.2, -0.15) is 5.26 Å². The first-order chi connectivity index (χ1) is 6.52. The molecule has 4 nitrogen and oxygen atoms in total. The summed E-state index contributed by atoms with van der Waals surface area (Å²) in [7, 11) is -3.41. The second-order valence-electron chi connectivity index (χ2n) is 3.30. The van der Waals surface area contributed by atoms with Gasteiger partial charge in [0, 0.05) is 6.42 Å². The van der Waals surface area contributed by atoms with Crippen LogP contribution in [-0.4, -0.2) is 17.2 Å². The summed E-state index contributed by atoms with van der Waals surface area (Å²) in [6.45, 7) is 3.68. The van der Waals surface area contributed by atoms with Crippen LogP contribution in [0.4, 0.5) is 0 Å². The zero-order valence-corrected chi connectivity index (χ0v) is 9.67. The van der Waals surface area contributed by atoms with Gasteiger partial charge in [0.1, 0.15) is 0 Å². The first kappa shape index (κ1) is 13.6. The van der Waals surface area contributed by atoms with Gasteiger partial charge in [0.25, 0.3) is 0 Å². The van der Waals surface area contributed by atoms with Crippen molar-refractivity contribution in [2.24, 2.45) is 0 Å². The lowest BCUT2D eigenvalue weighted by molar-refractivity contribution is 0.185. The van der Waals surface area contributed by atoms with Crippen LogP contribution in [-0.2, 0) is 9.09 Å². The lowest BCUT2D eigenvalue weighted by Gasteiger charge is -2.16. The highest BCUT2D eigenvalue weighted by Crippen LogP contribution is 2.44. The van der Waals surface area contributed by atoms with Gasteiger partial charge in [-0.05, 0) is 26.2 Å². The molecule has 0 saturated carbocycles. The molecule has 0 bridgehead atoms. The number of hydrogen-bond donors (Lipinski definition) is 1. The average Bonchev–Trinajstić information content (AvgIpc) is 2.12. The van der Waals surface area contributed by atoms with Gasteiger partial charge in [-0.1, -0.05) is 6.92 Å². The molecule has 0 aromatic rings. The van der Waals surface area contributed by atoms with Gasteiger partial charge < -0.3 is 9.42 Å². The summed E-state index contributed by atoms with van der Waals surface area (Å²) in [5.41, 5.74) is 0. The van der Waals surface area contributed by atoms with E-state index in [1.807, 2.05) is 13.0 Å². The van der Waals surface area contributed by atoms with Crippen LogP contribution in [0.3, 0.4) is 0 Å². The van der Waals surface area contributed by atoms with Crippen molar-refractivity contribution in [2.45, 2.75) is 45.6 Å². The number of hydrogen-bond acceptors (Lipinski definition) is 3. The molecule has 0 aromatic heterocycles. The molecule has 1 N–H and O–H groups in total. The van der Waals surface area contributed by atoms with Crippen molar-refractivity contribution in [2.75, 3.05) is 6.16 Å². The predicted octanol–water partition coefficient (Wildman–Crippen LogP) is 2.68. The van der Waals surface area contributed by atoms with E-state index in [1.165, 1.54) is 0 Å². The van der Waals surface area contributed by atoms with Crippen LogP contribution in [0.15, 0.2) is 0 Å². The summed E-state index contributed by atoms with van der Waals surface area (Å²) in [5.74, 6) is 0. The minimum Gasteiger partial charge on any atom is -0.324 e. The molecule has 82 valence electrons. The van der Waals surface area contributed by atoms with Gasteiger partial charge in [0.05, 0.1) is 18.3 Å². The first-order valence-electron chi connectivity index (χ1n) is 4.89. The molecule has 0 aliphatic heterocycles. The lowest BCUT2D eigenvalue weighted by Crippen LogP contribution is -2.06. The van der Waals surface area contributed by atoms with Gasteiger partial charge in [-0.25, -0.2) is 0 Å². The molecule has 0 aliphatic carbocycles. The van der Waals surface area contributed by atoms with E-state index in [-0.39, 0.29) is 12.3 Å². The van der Waals surface area contributed by atoms with Crippen LogP contribution in [0.1, 0.15) is 39.5 Å². The lowest BCUT2D eigenvalue weighted by atomic mass is 10.3. The highest BCUT2D eigenvalue weighted by Gasteiger charge is 2.20. The Morgan fingerprint density at radius 3 is 2.71 bits per heavy atom. The number of rotatable bonds is 7. The van der Waals surface area contributed by atoms with Crippen LogP contribution >= 0.6 is 7.60 Å². The molecule has 5 heteroatoms. The van der Waals surface area contributed by atoms with Gasteiger partial charge >= 0.3 is 7.60 Å². The molecular weight excluding hydrogens is 201 g/mol. The molecule has 0 rings (SSSR count). The second kappa shape index (κ2) is 7.00. The Kier molecular flexibility index (Phi) is 6.82. The summed E-state index contributed by atoms with van der Waals surface area (Å²) in [4.78, 5) is 9.37. The Labute approximate surface area is 85.4 Å². The van der Waals surface area contributed by atoms with Crippen molar-refractivity contribution < 1.29 is 14.0 Å². The van der Waals surface area contributed by atoms with Gasteiger partial charge in [0.15, 0.2) is 0 Å². The van der Waals surface area contributed by atoms with Crippen molar-refractivity contribution in [3.8, 4) is 6.07 Å². The largest absolute Gasteiger partial charge is 0.328 e. The fourth-order valence-corrected chi connectivity index (χ4v) is 2.36. The maximum absolute atomic E-state index is 11.4. The van der Waals surface area contributed by atoms with E-state index in [2.05, 4.69) is 0 Å². The zero-order chi connectivity index (χ0) is 11.0. The van der Waals surface area contributed by atoms with Crippen LogP contribution in [0.2, 0.25) is 0 Å². The normalized spacial score (nSPS) is 17.0. The molecule has 2 atom stereocenters. The minimum absolute atomic E-state index is 0.152. The molecule has 0 aliphatic rings. The van der Waals surface area contributed by atoms with Crippen molar-refractivity contribution in [1.82, 2.24) is 0 Å². The minimum atomic E-state index is -3.41. The van der Waals surface area contributed by atoms with Crippen molar-refractivity contribution in [3.63, 3.8) is 0 Å². The molecule has 0 radical (unpaired) electrons. The maximum atomic E-state index is 11.4. The Balaban J connectivity index is 3.73. The third-order valence-electron chi connectivity index (χ3n) is 1.90. The van der Waals surface area contributed by atoms with Crippen LogP contribution in [0, 0.1) is 11.3 Å². The van der Waals surface area contributed by atoms with Gasteiger partial charge in [-0.3, -0.25) is 4.57 Å². The standard InChI is InChI=1S/C9H18NO3P/c1-3-9(2)13-14(11,12)8-6-4-5-7-10/h9H,3-6,8H2,1-2H3,(H,11,12). The van der Waals surface area contributed by atoms with E-state index in [9.17, 15) is 9.46 Å². The highest BCUT2D eigenvalue weighted by atomic mass is 31.2. The zero-order valence-electron chi connectivity index (χ0n) is 8.77. The number of unbranched alkanes of at least 4 members (excludes halogenated alkanes) is 2. The van der Waals surface area contributed by atoms with Crippen LogP contribution in [0.25, 0.3) is 0 Å². The van der Waals surface area contributed by atoms with E-state index in [0.29, 0.717) is 19.3 Å². The summed E-state index contributed by atoms with van der Waals surface area (Å²) < 4.78 is 16.4. The third-order valence-corrected chi connectivity index (χ3v) is 3.47. The Morgan fingerprint density at radius 1 is 1.57 bits per heavy atom. The molecule has 2 unspecified atom stereocenters. The van der Waals surface area contributed by atoms with E-state index in [1.54, 1.807) is 6.92 Å². The molecule has 0 saturated heterocycles. The van der Waals surface area contributed by atoms with E-state index < -0.39 is 7.60 Å². The van der Waals surface area contributed by atoms with Crippen molar-refractivity contribution in [3.05, 3.63) is 0 Å². The van der Waals surface area contributed by atoms with E-state index >= 15 is 0 Å². The summed E-state index contributed by atoms with van der Waals surface area (Å²) in [6.07, 6.45) is 2.36. The van der Waals surface area contributed by atoms with E-state index in [4.69, 9.17) is 9.79 Å². The summed E-state index contributed by atoms with van der Waals surface area (Å²) >= 11 is 0. The summed E-state index contributed by atoms with van der Waals surface area (Å²) in [5, 5.41) is 8.27. The molecule has 0 fully saturated rings. The fraction of sp³-hybridized carbons (Fsp3) is 0.889. The van der Waals surface area contributed by atoms with Gasteiger partial charge in [0.2, 0.25) is 0 Å². The predicted molar refractivity (Wildman–Crippen MR) is 55.0 cm³/mol. The Bertz CT molecular complexity index is 237. The van der Waals surface area contributed by atoms with Gasteiger partial charge in [-0.15, -0.1) is 0 Å². The number of nitrogens with zero attached hydrogens (tertiary/aromatic N) is 1. The Morgan fingerprint density at radius 2 is 2.21 bits per heavy atom. The quantitative estimate of drug-likeness (QED) is 0.527. The smallest absolute Gasteiger partial charge is 0.324 e. The van der Waals surface area contributed by atoms with Crippen LogP contribution < -0.4 is 0 Å². The third kappa shape index (κ3) is 7.08. The molecule has 0 amide bonds. The molecule has 0 aromatic carbocycles. The highest BCUT2D eigenvalue weighted by molar-refractivity contribution is 7.52. The molecule has 0 heterocycles. The number of nitriles is 1. The second-order valence-corrected chi connectivity index (χ2v) is 5.23.